The van der Waals surface area contributed by atoms with Crippen molar-refractivity contribution in [1.29, 1.82) is 0 Å². The normalized spacial score (nSPS) is 12.6. The van der Waals surface area contributed by atoms with Gasteiger partial charge in [-0.3, -0.25) is 4.84 Å². The average Bonchev–Trinajstić information content (AvgIpc) is 2.27. The lowest BCUT2D eigenvalue weighted by Crippen LogP contribution is -2.26. The molecule has 0 spiro atoms. The molecule has 0 aromatic heterocycles. The van der Waals surface area contributed by atoms with Crippen molar-refractivity contribution in [3.8, 4) is 5.75 Å². The van der Waals surface area contributed by atoms with Crippen molar-refractivity contribution in [3.63, 3.8) is 0 Å². The molecule has 0 bridgehead atoms. The molecule has 6 heteroatoms. The van der Waals surface area contributed by atoms with Crippen LogP contribution in [0.25, 0.3) is 0 Å². The van der Waals surface area contributed by atoms with Crippen molar-refractivity contribution < 1.29 is 22.7 Å². The molecule has 0 amide bonds. The number of nitrogens with two attached hydrogens (primary N) is 1. The van der Waals surface area contributed by atoms with Gasteiger partial charge < -0.3 is 4.74 Å². The molecule has 0 saturated heterocycles. The molecule has 0 radical (unpaired) electrons. The van der Waals surface area contributed by atoms with Gasteiger partial charge in [-0.15, -0.1) is 0 Å². The second-order valence-electron chi connectivity index (χ2n) is 4.04. The molecule has 0 aliphatic heterocycles. The summed E-state index contributed by atoms with van der Waals surface area (Å²) in [6.07, 6.45) is -4.41. The van der Waals surface area contributed by atoms with Crippen LogP contribution in [0.3, 0.4) is 0 Å². The molecule has 1 aromatic rings. The molecule has 1 aromatic carbocycles. The minimum Gasteiger partial charge on any atom is -0.496 e. The van der Waals surface area contributed by atoms with Crippen molar-refractivity contribution in [3.05, 3.63) is 29.3 Å². The van der Waals surface area contributed by atoms with Gasteiger partial charge in [-0.1, -0.05) is 0 Å². The molecular formula is C11H14F3NO2. The van der Waals surface area contributed by atoms with E-state index in [0.717, 1.165) is 12.1 Å². The van der Waals surface area contributed by atoms with Crippen LogP contribution in [-0.4, -0.2) is 7.11 Å². The molecule has 17 heavy (non-hydrogen) atoms. The van der Waals surface area contributed by atoms with Crippen LogP contribution in [0.1, 0.15) is 25.0 Å². The smallest absolute Gasteiger partial charge is 0.416 e. The van der Waals surface area contributed by atoms with Crippen LogP contribution in [0, 0.1) is 0 Å². The molecule has 0 aliphatic rings. The fourth-order valence-corrected chi connectivity index (χ4v) is 1.42. The summed E-state index contributed by atoms with van der Waals surface area (Å²) in [6.45, 7) is 3.12. The number of ether oxygens (including phenoxy) is 1. The highest BCUT2D eigenvalue weighted by Gasteiger charge is 2.34. The highest BCUT2D eigenvalue weighted by atomic mass is 19.4. The number of methoxy groups -OCH3 is 1. The summed E-state index contributed by atoms with van der Waals surface area (Å²) in [7, 11) is 1.37. The Morgan fingerprint density at radius 3 is 2.18 bits per heavy atom. The summed E-state index contributed by atoms with van der Waals surface area (Å²) in [4.78, 5) is 4.69. The lowest BCUT2D eigenvalue weighted by molar-refractivity contribution is -0.137. The summed E-state index contributed by atoms with van der Waals surface area (Å²) >= 11 is 0. The topological polar surface area (TPSA) is 44.5 Å². The Morgan fingerprint density at radius 2 is 1.76 bits per heavy atom. The number of halogens is 3. The van der Waals surface area contributed by atoms with E-state index in [1.165, 1.54) is 13.2 Å². The fraction of sp³-hybridized carbons (Fsp3) is 0.455. The van der Waals surface area contributed by atoms with E-state index >= 15 is 0 Å². The number of benzene rings is 1. The average molecular weight is 249 g/mol. The van der Waals surface area contributed by atoms with Crippen LogP contribution in [0.5, 0.6) is 5.75 Å². The van der Waals surface area contributed by atoms with Crippen molar-refractivity contribution >= 4 is 0 Å². The van der Waals surface area contributed by atoms with Gasteiger partial charge in [-0.05, 0) is 32.0 Å². The highest BCUT2D eigenvalue weighted by molar-refractivity contribution is 5.41. The largest absolute Gasteiger partial charge is 0.496 e. The first-order valence-corrected chi connectivity index (χ1v) is 4.86. The van der Waals surface area contributed by atoms with E-state index in [9.17, 15) is 13.2 Å². The summed E-state index contributed by atoms with van der Waals surface area (Å²) in [5.74, 6) is 5.38. The van der Waals surface area contributed by atoms with Crippen molar-refractivity contribution in [2.24, 2.45) is 5.90 Å². The second-order valence-corrected chi connectivity index (χ2v) is 4.04. The van der Waals surface area contributed by atoms with Gasteiger partial charge in [0, 0.05) is 5.56 Å². The van der Waals surface area contributed by atoms with E-state index in [0.29, 0.717) is 5.75 Å². The zero-order valence-electron chi connectivity index (χ0n) is 9.76. The fourth-order valence-electron chi connectivity index (χ4n) is 1.42. The molecule has 0 heterocycles. The highest BCUT2D eigenvalue weighted by Crippen LogP contribution is 2.37. The first kappa shape index (κ1) is 13.8. The Bertz CT molecular complexity index is 402. The number of alkyl halides is 3. The molecule has 3 nitrogen and oxygen atoms in total. The summed E-state index contributed by atoms with van der Waals surface area (Å²) in [5, 5.41) is 0. The van der Waals surface area contributed by atoms with Crippen molar-refractivity contribution in [1.82, 2.24) is 0 Å². The van der Waals surface area contributed by atoms with E-state index in [1.807, 2.05) is 0 Å². The van der Waals surface area contributed by atoms with Gasteiger partial charge in [0.25, 0.3) is 0 Å². The van der Waals surface area contributed by atoms with Crippen LogP contribution in [0.4, 0.5) is 13.2 Å². The molecule has 0 fully saturated rings. The van der Waals surface area contributed by atoms with Crippen LogP contribution in [-0.2, 0) is 16.6 Å². The zero-order valence-corrected chi connectivity index (χ0v) is 9.76. The molecule has 96 valence electrons. The predicted molar refractivity (Wildman–Crippen MR) is 56.3 cm³/mol. The van der Waals surface area contributed by atoms with E-state index in [4.69, 9.17) is 10.6 Å². The summed E-state index contributed by atoms with van der Waals surface area (Å²) in [6, 6.07) is 3.18. The first-order valence-electron chi connectivity index (χ1n) is 4.86. The zero-order chi connectivity index (χ0) is 13.3. The molecular weight excluding hydrogens is 235 g/mol. The van der Waals surface area contributed by atoms with Crippen molar-refractivity contribution in [2.45, 2.75) is 25.6 Å². The quantitative estimate of drug-likeness (QED) is 0.838. The minimum absolute atomic E-state index is 0.248. The SMILES string of the molecule is COc1ccc(C(F)(F)F)cc1C(C)(C)ON. The third-order valence-electron chi connectivity index (χ3n) is 2.47. The maximum absolute atomic E-state index is 12.6. The van der Waals surface area contributed by atoms with Gasteiger partial charge in [-0.25, -0.2) is 5.90 Å². The first-order chi connectivity index (χ1) is 7.72. The van der Waals surface area contributed by atoms with E-state index < -0.39 is 17.3 Å². The molecule has 0 aliphatic carbocycles. The Balaban J connectivity index is 3.35. The maximum atomic E-state index is 12.6. The molecule has 0 atom stereocenters. The second kappa shape index (κ2) is 4.54. The Labute approximate surface area is 97.3 Å². The number of rotatable bonds is 3. The van der Waals surface area contributed by atoms with Gasteiger partial charge in [-0.2, -0.15) is 13.2 Å². The van der Waals surface area contributed by atoms with Crippen molar-refractivity contribution in [2.75, 3.05) is 7.11 Å². The molecule has 0 unspecified atom stereocenters. The van der Waals surface area contributed by atoms with Crippen LogP contribution in [0.15, 0.2) is 18.2 Å². The predicted octanol–water partition coefficient (Wildman–Crippen LogP) is 2.84. The van der Waals surface area contributed by atoms with E-state index in [-0.39, 0.29) is 5.56 Å². The molecule has 1 rings (SSSR count). The van der Waals surface area contributed by atoms with Gasteiger partial charge in [0.2, 0.25) is 0 Å². The third kappa shape index (κ3) is 2.89. The Hall–Kier alpha value is -1.27. The maximum Gasteiger partial charge on any atom is 0.416 e. The van der Waals surface area contributed by atoms with Gasteiger partial charge in [0.05, 0.1) is 12.7 Å². The Kier molecular flexibility index (Phi) is 3.68. The monoisotopic (exact) mass is 249 g/mol. The van der Waals surface area contributed by atoms with Gasteiger partial charge in [0.15, 0.2) is 0 Å². The number of hydrogen-bond acceptors (Lipinski definition) is 3. The molecule has 0 saturated carbocycles. The summed E-state index contributed by atoms with van der Waals surface area (Å²) < 4.78 is 42.7. The third-order valence-corrected chi connectivity index (χ3v) is 2.47. The van der Waals surface area contributed by atoms with E-state index in [2.05, 4.69) is 4.84 Å². The Morgan fingerprint density at radius 1 is 1.18 bits per heavy atom. The lowest BCUT2D eigenvalue weighted by Gasteiger charge is -2.25. The lowest BCUT2D eigenvalue weighted by atomic mass is 9.95. The number of hydrogen-bond donors (Lipinski definition) is 1. The molecule has 2 N–H and O–H groups in total. The van der Waals surface area contributed by atoms with Crippen LogP contribution >= 0.6 is 0 Å². The minimum atomic E-state index is -4.41. The van der Waals surface area contributed by atoms with Crippen LogP contribution < -0.4 is 10.6 Å². The van der Waals surface area contributed by atoms with Gasteiger partial charge in [0.1, 0.15) is 11.4 Å². The standard InChI is InChI=1S/C11H14F3NO2/c1-10(2,17-15)8-6-7(11(12,13)14)4-5-9(8)16-3/h4-6H,15H2,1-3H3. The van der Waals surface area contributed by atoms with E-state index in [1.54, 1.807) is 13.8 Å². The van der Waals surface area contributed by atoms with Crippen LogP contribution in [0.2, 0.25) is 0 Å². The van der Waals surface area contributed by atoms with Gasteiger partial charge >= 0.3 is 6.18 Å². The summed E-state index contributed by atoms with van der Waals surface area (Å²) in [5.41, 5.74) is -1.58.